The van der Waals surface area contributed by atoms with Crippen LogP contribution in [0, 0.1) is 6.92 Å². The molecule has 2 nitrogen and oxygen atoms in total. The Bertz CT molecular complexity index is 480. The van der Waals surface area contributed by atoms with Crippen molar-refractivity contribution in [2.45, 2.75) is 19.9 Å². The average molecular weight is 187 g/mol. The molecule has 0 radical (unpaired) electrons. The monoisotopic (exact) mass is 187 g/mol. The number of fused-ring (bicyclic) bond motifs is 1. The lowest BCUT2D eigenvalue weighted by Gasteiger charge is -2.08. The Morgan fingerprint density at radius 3 is 2.93 bits per heavy atom. The molecule has 0 unspecified atom stereocenters. The molecule has 0 amide bonds. The van der Waals surface area contributed by atoms with Crippen LogP contribution in [0.5, 0.6) is 0 Å². The number of hydrogen-bond donors (Lipinski definition) is 0. The van der Waals surface area contributed by atoms with Gasteiger partial charge >= 0.3 is 0 Å². The maximum Gasteiger partial charge on any atom is 0.253 e. The van der Waals surface area contributed by atoms with Gasteiger partial charge in [0.25, 0.3) is 5.56 Å². The molecule has 0 atom stereocenters. The zero-order valence-corrected chi connectivity index (χ0v) is 8.34. The molecule has 14 heavy (non-hydrogen) atoms. The first kappa shape index (κ1) is 9.00. The van der Waals surface area contributed by atoms with Crippen molar-refractivity contribution in [1.82, 2.24) is 4.57 Å². The summed E-state index contributed by atoms with van der Waals surface area (Å²) >= 11 is 0. The number of aryl methyl sites for hydroxylation is 1. The molecule has 0 aromatic carbocycles. The number of allylic oxidation sites excluding steroid dienone is 1. The number of hydrogen-bond acceptors (Lipinski definition) is 1. The summed E-state index contributed by atoms with van der Waals surface area (Å²) in [5.41, 5.74) is 3.90. The molecule has 0 spiro atoms. The first-order valence-electron chi connectivity index (χ1n) is 4.70. The van der Waals surface area contributed by atoms with Crippen molar-refractivity contribution in [3.8, 4) is 0 Å². The van der Waals surface area contributed by atoms with Crippen molar-refractivity contribution in [3.63, 3.8) is 0 Å². The molecule has 2 rings (SSSR count). The van der Waals surface area contributed by atoms with Crippen molar-refractivity contribution in [2.24, 2.45) is 0 Å². The van der Waals surface area contributed by atoms with Gasteiger partial charge in [-0.1, -0.05) is 19.2 Å². The van der Waals surface area contributed by atoms with Crippen LogP contribution in [-0.2, 0) is 6.54 Å². The predicted molar refractivity (Wildman–Crippen MR) is 59.2 cm³/mol. The lowest BCUT2D eigenvalue weighted by Crippen LogP contribution is -2.22. The fourth-order valence-corrected chi connectivity index (χ4v) is 1.96. The van der Waals surface area contributed by atoms with Gasteiger partial charge in [0, 0.05) is 12.1 Å². The summed E-state index contributed by atoms with van der Waals surface area (Å²) in [6.45, 7) is 10.3. The third-order valence-electron chi connectivity index (χ3n) is 2.69. The highest BCUT2D eigenvalue weighted by atomic mass is 16.1. The predicted octanol–water partition coefficient (Wildman–Crippen LogP) is 2.22. The molecule has 0 aliphatic carbocycles. The fraction of sp³-hybridized carbons (Fsp3) is 0.250. The quantitative estimate of drug-likeness (QED) is 0.660. The van der Waals surface area contributed by atoms with Crippen molar-refractivity contribution >= 4 is 11.6 Å². The van der Waals surface area contributed by atoms with Crippen LogP contribution in [-0.4, -0.2) is 4.57 Å². The van der Waals surface area contributed by atoms with Gasteiger partial charge in [-0.3, -0.25) is 4.79 Å². The zero-order chi connectivity index (χ0) is 10.3. The van der Waals surface area contributed by atoms with Crippen LogP contribution < -0.4 is 5.56 Å². The maximum atomic E-state index is 11.8. The van der Waals surface area contributed by atoms with E-state index in [2.05, 4.69) is 13.2 Å². The lowest BCUT2D eigenvalue weighted by atomic mass is 10.1. The Labute approximate surface area is 83.2 Å². The minimum atomic E-state index is 0.101. The molecule has 72 valence electrons. The molecule has 2 heterocycles. The Morgan fingerprint density at radius 2 is 2.29 bits per heavy atom. The van der Waals surface area contributed by atoms with E-state index >= 15 is 0 Å². The minimum absolute atomic E-state index is 0.101. The third kappa shape index (κ3) is 1.07. The van der Waals surface area contributed by atoms with Crippen LogP contribution in [0.4, 0.5) is 0 Å². The zero-order valence-electron chi connectivity index (χ0n) is 8.34. The topological polar surface area (TPSA) is 22.0 Å². The second kappa shape index (κ2) is 2.98. The summed E-state index contributed by atoms with van der Waals surface area (Å²) in [4.78, 5) is 11.8. The highest BCUT2D eigenvalue weighted by Crippen LogP contribution is 2.27. The Hall–Kier alpha value is -1.57. The summed E-state index contributed by atoms with van der Waals surface area (Å²) in [5.74, 6) is 0. The van der Waals surface area contributed by atoms with E-state index in [0.717, 1.165) is 35.4 Å². The van der Waals surface area contributed by atoms with Crippen LogP contribution in [0.15, 0.2) is 24.0 Å². The molecule has 2 heteroatoms. The molecule has 0 saturated carbocycles. The molecule has 0 fully saturated rings. The molecule has 1 aliphatic heterocycles. The highest BCUT2D eigenvalue weighted by molar-refractivity contribution is 5.72. The van der Waals surface area contributed by atoms with Crippen LogP contribution in [0.2, 0.25) is 0 Å². The van der Waals surface area contributed by atoms with Crippen molar-refractivity contribution in [2.75, 3.05) is 0 Å². The molecule has 1 aliphatic rings. The van der Waals surface area contributed by atoms with Gasteiger partial charge in [0.1, 0.15) is 0 Å². The van der Waals surface area contributed by atoms with Gasteiger partial charge in [-0.25, -0.2) is 0 Å². The maximum absolute atomic E-state index is 11.8. The van der Waals surface area contributed by atoms with Crippen molar-refractivity contribution in [3.05, 3.63) is 46.4 Å². The Morgan fingerprint density at radius 1 is 1.57 bits per heavy atom. The van der Waals surface area contributed by atoms with Crippen molar-refractivity contribution in [1.29, 1.82) is 0 Å². The molecule has 1 aromatic rings. The van der Waals surface area contributed by atoms with E-state index in [1.165, 1.54) is 0 Å². The normalized spacial score (nSPS) is 14.2. The smallest absolute Gasteiger partial charge is 0.253 e. The first-order valence-corrected chi connectivity index (χ1v) is 4.70. The SMILES string of the molecule is C=Cc1cc(C)c(=O)n2c1C(=C)CC2. The Kier molecular flexibility index (Phi) is 1.92. The van der Waals surface area contributed by atoms with E-state index in [1.807, 2.05) is 13.0 Å². The summed E-state index contributed by atoms with van der Waals surface area (Å²) in [6.07, 6.45) is 2.66. The fourth-order valence-electron chi connectivity index (χ4n) is 1.96. The van der Waals surface area contributed by atoms with Gasteiger partial charge in [0.2, 0.25) is 0 Å². The number of nitrogens with zero attached hydrogens (tertiary/aromatic N) is 1. The van der Waals surface area contributed by atoms with E-state index < -0.39 is 0 Å². The molecule has 1 aromatic heterocycles. The van der Waals surface area contributed by atoms with E-state index in [0.29, 0.717) is 0 Å². The number of aromatic nitrogens is 1. The summed E-state index contributed by atoms with van der Waals surface area (Å²) in [5, 5.41) is 0. The van der Waals surface area contributed by atoms with Crippen molar-refractivity contribution < 1.29 is 0 Å². The first-order chi connectivity index (χ1) is 6.65. The van der Waals surface area contributed by atoms with Gasteiger partial charge in [0.15, 0.2) is 0 Å². The van der Waals surface area contributed by atoms with E-state index in [4.69, 9.17) is 0 Å². The number of rotatable bonds is 1. The molecule has 0 bridgehead atoms. The highest BCUT2D eigenvalue weighted by Gasteiger charge is 2.19. The van der Waals surface area contributed by atoms with Crippen LogP contribution >= 0.6 is 0 Å². The molecular formula is C12H13NO. The van der Waals surface area contributed by atoms with Gasteiger partial charge in [-0.15, -0.1) is 0 Å². The largest absolute Gasteiger partial charge is 0.307 e. The molecule has 0 saturated heterocycles. The lowest BCUT2D eigenvalue weighted by molar-refractivity contribution is 0.725. The molecular weight excluding hydrogens is 174 g/mol. The third-order valence-corrected chi connectivity index (χ3v) is 2.69. The van der Waals surface area contributed by atoms with Gasteiger partial charge in [0.05, 0.1) is 5.69 Å². The number of pyridine rings is 1. The average Bonchev–Trinajstić information content (AvgIpc) is 2.55. The van der Waals surface area contributed by atoms with E-state index in [-0.39, 0.29) is 5.56 Å². The van der Waals surface area contributed by atoms with Gasteiger partial charge in [-0.2, -0.15) is 0 Å². The summed E-state index contributed by atoms with van der Waals surface area (Å²) in [6, 6.07) is 1.89. The van der Waals surface area contributed by atoms with Crippen LogP contribution in [0.1, 0.15) is 23.2 Å². The van der Waals surface area contributed by atoms with E-state index in [9.17, 15) is 4.79 Å². The second-order valence-electron chi connectivity index (χ2n) is 3.65. The van der Waals surface area contributed by atoms with E-state index in [1.54, 1.807) is 10.6 Å². The second-order valence-corrected chi connectivity index (χ2v) is 3.65. The standard InChI is InChI=1S/C12H13NO/c1-4-10-7-9(3)12(14)13-6-5-8(2)11(10)13/h4,7H,1-2,5-6H2,3H3. The van der Waals surface area contributed by atoms with Gasteiger partial charge in [-0.05, 0) is 30.5 Å². The molecule has 0 N–H and O–H groups in total. The Balaban J connectivity index is 2.86. The summed E-state index contributed by atoms with van der Waals surface area (Å²) in [7, 11) is 0. The van der Waals surface area contributed by atoms with Crippen LogP contribution in [0.25, 0.3) is 11.6 Å². The summed E-state index contributed by atoms with van der Waals surface area (Å²) < 4.78 is 1.80. The minimum Gasteiger partial charge on any atom is -0.307 e. The van der Waals surface area contributed by atoms with Crippen LogP contribution in [0.3, 0.4) is 0 Å². The van der Waals surface area contributed by atoms with Gasteiger partial charge < -0.3 is 4.57 Å².